The van der Waals surface area contributed by atoms with Crippen molar-refractivity contribution in [2.24, 2.45) is 0 Å². The predicted molar refractivity (Wildman–Crippen MR) is 103 cm³/mol. The number of rotatable bonds is 6. The first kappa shape index (κ1) is 20.4. The van der Waals surface area contributed by atoms with Crippen molar-refractivity contribution in [2.45, 2.75) is 33.7 Å². The van der Waals surface area contributed by atoms with E-state index in [1.165, 1.54) is 6.92 Å². The molecular formula is C20H31N3O3. The van der Waals surface area contributed by atoms with Gasteiger partial charge in [0.25, 0.3) is 0 Å². The normalized spacial score (nSPS) is 16.6. The Kier molecular flexibility index (Phi) is 7.17. The van der Waals surface area contributed by atoms with E-state index in [-0.39, 0.29) is 17.9 Å². The summed E-state index contributed by atoms with van der Waals surface area (Å²) in [6.07, 6.45) is -0.381. The van der Waals surface area contributed by atoms with Gasteiger partial charge in [0.15, 0.2) is 5.78 Å². The van der Waals surface area contributed by atoms with Crippen LogP contribution in [0.1, 0.15) is 49.7 Å². The predicted octanol–water partition coefficient (Wildman–Crippen LogP) is 3.04. The maximum atomic E-state index is 12.5. The van der Waals surface area contributed by atoms with Gasteiger partial charge in [-0.3, -0.25) is 9.69 Å². The Bertz CT molecular complexity index is 635. The third-order valence-electron chi connectivity index (χ3n) is 5.19. The Balaban J connectivity index is 2.22. The Morgan fingerprint density at radius 1 is 1.15 bits per heavy atom. The van der Waals surface area contributed by atoms with Crippen LogP contribution in [0.15, 0.2) is 18.2 Å². The molecule has 144 valence electrons. The summed E-state index contributed by atoms with van der Waals surface area (Å²) in [5, 5.41) is 0. The van der Waals surface area contributed by atoms with Gasteiger partial charge in [0, 0.05) is 32.2 Å². The lowest BCUT2D eigenvalue weighted by Crippen LogP contribution is -2.48. The first-order valence-corrected chi connectivity index (χ1v) is 9.41. The number of Topliss-reactive ketones (excluding diaryl/α,β-unsaturated/α-hetero) is 1. The standard InChI is InChI=1S/C20H31N3O3/c1-6-22(7-2)15(3)17-8-9-18(16(4)24)19(14-17)26-20(25)23-12-10-21(5)11-13-23/h8-9,14-15H,6-7,10-13H2,1-5H3. The molecule has 0 spiro atoms. The van der Waals surface area contributed by atoms with Gasteiger partial charge in [-0.15, -0.1) is 0 Å². The van der Waals surface area contributed by atoms with Crippen LogP contribution in [-0.4, -0.2) is 72.9 Å². The highest BCUT2D eigenvalue weighted by atomic mass is 16.6. The van der Waals surface area contributed by atoms with Gasteiger partial charge in [0.1, 0.15) is 5.75 Å². The number of hydrogen-bond donors (Lipinski definition) is 0. The van der Waals surface area contributed by atoms with Gasteiger partial charge < -0.3 is 14.5 Å². The van der Waals surface area contributed by atoms with Gasteiger partial charge >= 0.3 is 6.09 Å². The molecule has 0 bridgehead atoms. The highest BCUT2D eigenvalue weighted by molar-refractivity contribution is 5.97. The summed E-state index contributed by atoms with van der Waals surface area (Å²) in [4.78, 5) is 30.7. The molecule has 1 aliphatic rings. The zero-order valence-corrected chi connectivity index (χ0v) is 16.6. The number of amides is 1. The molecule has 0 aliphatic carbocycles. The number of carbonyl (C=O) groups is 2. The number of nitrogens with zero attached hydrogens (tertiary/aromatic N) is 3. The molecule has 1 aromatic rings. The fourth-order valence-corrected chi connectivity index (χ4v) is 3.30. The second-order valence-corrected chi connectivity index (χ2v) is 6.87. The molecule has 1 unspecified atom stereocenters. The minimum absolute atomic E-state index is 0.104. The number of ketones is 1. The van der Waals surface area contributed by atoms with E-state index in [2.05, 4.69) is 30.6 Å². The number of ether oxygens (including phenoxy) is 1. The highest BCUT2D eigenvalue weighted by Gasteiger charge is 2.23. The van der Waals surface area contributed by atoms with Crippen LogP contribution in [0.2, 0.25) is 0 Å². The molecule has 0 radical (unpaired) electrons. The molecule has 1 amide bonds. The molecular weight excluding hydrogens is 330 g/mol. The van der Waals surface area contributed by atoms with Crippen LogP contribution < -0.4 is 4.74 Å². The number of piperazine rings is 1. The van der Waals surface area contributed by atoms with E-state index in [0.29, 0.717) is 24.4 Å². The first-order chi connectivity index (χ1) is 12.4. The lowest BCUT2D eigenvalue weighted by atomic mass is 10.0. The Morgan fingerprint density at radius 2 is 1.77 bits per heavy atom. The summed E-state index contributed by atoms with van der Waals surface area (Å²) < 4.78 is 5.65. The first-order valence-electron chi connectivity index (χ1n) is 9.41. The van der Waals surface area contributed by atoms with E-state index in [1.807, 2.05) is 19.2 Å². The third kappa shape index (κ3) is 4.83. The van der Waals surface area contributed by atoms with Crippen molar-refractivity contribution < 1.29 is 14.3 Å². The minimum Gasteiger partial charge on any atom is -0.409 e. The fraction of sp³-hybridized carbons (Fsp3) is 0.600. The summed E-state index contributed by atoms with van der Waals surface area (Å²) in [5.41, 5.74) is 1.49. The minimum atomic E-state index is -0.381. The molecule has 26 heavy (non-hydrogen) atoms. The fourth-order valence-electron chi connectivity index (χ4n) is 3.30. The Morgan fingerprint density at radius 3 is 2.31 bits per heavy atom. The maximum absolute atomic E-state index is 12.5. The van der Waals surface area contributed by atoms with E-state index >= 15 is 0 Å². The van der Waals surface area contributed by atoms with Crippen molar-refractivity contribution in [1.29, 1.82) is 0 Å². The number of carbonyl (C=O) groups excluding carboxylic acids is 2. The average molecular weight is 361 g/mol. The van der Waals surface area contributed by atoms with Gasteiger partial charge in [0.2, 0.25) is 0 Å². The van der Waals surface area contributed by atoms with Crippen molar-refractivity contribution in [2.75, 3.05) is 46.3 Å². The van der Waals surface area contributed by atoms with Crippen molar-refractivity contribution in [3.63, 3.8) is 0 Å². The van der Waals surface area contributed by atoms with Crippen LogP contribution in [0.3, 0.4) is 0 Å². The van der Waals surface area contributed by atoms with E-state index < -0.39 is 0 Å². The number of hydrogen-bond acceptors (Lipinski definition) is 5. The quantitative estimate of drug-likeness (QED) is 0.729. The van der Waals surface area contributed by atoms with E-state index in [9.17, 15) is 9.59 Å². The average Bonchev–Trinajstić information content (AvgIpc) is 2.62. The Hall–Kier alpha value is -1.92. The van der Waals surface area contributed by atoms with Crippen LogP contribution in [0.5, 0.6) is 5.75 Å². The van der Waals surface area contributed by atoms with Crippen LogP contribution >= 0.6 is 0 Å². The SMILES string of the molecule is CCN(CC)C(C)c1ccc(C(C)=O)c(OC(=O)N2CCN(C)CC2)c1. The second kappa shape index (κ2) is 9.14. The zero-order chi connectivity index (χ0) is 19.3. The number of likely N-dealkylation sites (N-methyl/N-ethyl adjacent to an activating group) is 1. The van der Waals surface area contributed by atoms with Gasteiger partial charge in [-0.2, -0.15) is 0 Å². The van der Waals surface area contributed by atoms with Crippen LogP contribution in [-0.2, 0) is 0 Å². The molecule has 0 aromatic heterocycles. The molecule has 6 heteroatoms. The molecule has 0 N–H and O–H groups in total. The molecule has 6 nitrogen and oxygen atoms in total. The maximum Gasteiger partial charge on any atom is 0.415 e. The summed E-state index contributed by atoms with van der Waals surface area (Å²) in [6.45, 7) is 12.7. The van der Waals surface area contributed by atoms with Crippen molar-refractivity contribution in [3.05, 3.63) is 29.3 Å². The monoisotopic (exact) mass is 361 g/mol. The summed E-state index contributed by atoms with van der Waals surface area (Å²) in [7, 11) is 2.04. The van der Waals surface area contributed by atoms with Crippen molar-refractivity contribution >= 4 is 11.9 Å². The van der Waals surface area contributed by atoms with Crippen molar-refractivity contribution in [3.8, 4) is 5.75 Å². The molecule has 1 saturated heterocycles. The van der Waals surface area contributed by atoms with Crippen LogP contribution in [0.4, 0.5) is 4.79 Å². The van der Waals surface area contributed by atoms with Gasteiger partial charge in [-0.1, -0.05) is 19.9 Å². The second-order valence-electron chi connectivity index (χ2n) is 6.87. The smallest absolute Gasteiger partial charge is 0.409 e. The van der Waals surface area contributed by atoms with Crippen molar-refractivity contribution in [1.82, 2.24) is 14.7 Å². The molecule has 0 saturated carbocycles. The van der Waals surface area contributed by atoms with Gasteiger partial charge in [-0.25, -0.2) is 4.79 Å². The van der Waals surface area contributed by atoms with Gasteiger partial charge in [-0.05, 0) is 51.7 Å². The number of benzene rings is 1. The molecule has 2 rings (SSSR count). The largest absolute Gasteiger partial charge is 0.415 e. The summed E-state index contributed by atoms with van der Waals surface area (Å²) >= 11 is 0. The van der Waals surface area contributed by atoms with E-state index in [0.717, 1.165) is 31.7 Å². The molecule has 1 aliphatic heterocycles. The molecule has 1 fully saturated rings. The Labute approximate surface area is 156 Å². The highest BCUT2D eigenvalue weighted by Crippen LogP contribution is 2.28. The summed E-state index contributed by atoms with van der Waals surface area (Å²) in [5.74, 6) is 0.256. The van der Waals surface area contributed by atoms with Gasteiger partial charge in [0.05, 0.1) is 5.56 Å². The van der Waals surface area contributed by atoms with E-state index in [4.69, 9.17) is 4.74 Å². The molecule has 1 atom stereocenters. The topological polar surface area (TPSA) is 53.1 Å². The summed E-state index contributed by atoms with van der Waals surface area (Å²) in [6, 6.07) is 5.75. The zero-order valence-electron chi connectivity index (χ0n) is 16.6. The van der Waals surface area contributed by atoms with Crippen LogP contribution in [0.25, 0.3) is 0 Å². The third-order valence-corrected chi connectivity index (χ3v) is 5.19. The lowest BCUT2D eigenvalue weighted by molar-refractivity contribution is 0.101. The molecule has 1 heterocycles. The lowest BCUT2D eigenvalue weighted by Gasteiger charge is -2.32. The van der Waals surface area contributed by atoms with Crippen LogP contribution in [0, 0.1) is 0 Å². The molecule has 1 aromatic carbocycles. The van der Waals surface area contributed by atoms with E-state index in [1.54, 1.807) is 11.0 Å².